The van der Waals surface area contributed by atoms with Crippen molar-refractivity contribution in [3.8, 4) is 6.07 Å². The lowest BCUT2D eigenvalue weighted by atomic mass is 9.85. The molecule has 0 saturated heterocycles. The SMILES string of the molecule is COC1CC(N2CCCc3ccc(C#N)cc32)C1. The van der Waals surface area contributed by atoms with E-state index in [2.05, 4.69) is 23.1 Å². The van der Waals surface area contributed by atoms with Gasteiger partial charge < -0.3 is 9.64 Å². The molecule has 0 amide bonds. The highest BCUT2D eigenvalue weighted by molar-refractivity contribution is 5.60. The molecule has 3 nitrogen and oxygen atoms in total. The third-order valence-corrected chi connectivity index (χ3v) is 4.21. The topological polar surface area (TPSA) is 36.3 Å². The van der Waals surface area contributed by atoms with Gasteiger partial charge in [0.05, 0.1) is 17.7 Å². The summed E-state index contributed by atoms with van der Waals surface area (Å²) in [5.41, 5.74) is 3.43. The second-order valence-corrected chi connectivity index (χ2v) is 5.24. The highest BCUT2D eigenvalue weighted by Crippen LogP contribution is 2.36. The summed E-state index contributed by atoms with van der Waals surface area (Å²) in [6, 6.07) is 8.94. The first-order valence-electron chi connectivity index (χ1n) is 6.64. The number of nitrogens with zero attached hydrogens (tertiary/aromatic N) is 2. The summed E-state index contributed by atoms with van der Waals surface area (Å²) < 4.78 is 5.36. The number of benzene rings is 1. The Hall–Kier alpha value is -1.53. The van der Waals surface area contributed by atoms with Crippen molar-refractivity contribution in [1.29, 1.82) is 5.26 Å². The van der Waals surface area contributed by atoms with E-state index in [1.807, 2.05) is 6.07 Å². The second kappa shape index (κ2) is 4.62. The van der Waals surface area contributed by atoms with Gasteiger partial charge in [0, 0.05) is 25.4 Å². The van der Waals surface area contributed by atoms with Crippen LogP contribution in [0.4, 0.5) is 5.69 Å². The third kappa shape index (κ3) is 1.87. The molecule has 0 aromatic heterocycles. The minimum absolute atomic E-state index is 0.430. The van der Waals surface area contributed by atoms with E-state index in [-0.39, 0.29) is 0 Å². The maximum Gasteiger partial charge on any atom is 0.0992 e. The molecule has 1 aromatic rings. The van der Waals surface area contributed by atoms with E-state index in [0.717, 1.165) is 31.4 Å². The molecular formula is C15H18N2O. The van der Waals surface area contributed by atoms with Crippen LogP contribution in [0.5, 0.6) is 0 Å². The van der Waals surface area contributed by atoms with Crippen LogP contribution in [0, 0.1) is 11.3 Å². The molecule has 1 saturated carbocycles. The van der Waals surface area contributed by atoms with Gasteiger partial charge in [-0.2, -0.15) is 5.26 Å². The minimum Gasteiger partial charge on any atom is -0.381 e. The molecule has 0 atom stereocenters. The zero-order valence-electron chi connectivity index (χ0n) is 10.7. The second-order valence-electron chi connectivity index (χ2n) is 5.24. The Morgan fingerprint density at radius 1 is 1.39 bits per heavy atom. The first kappa shape index (κ1) is 11.6. The van der Waals surface area contributed by atoms with Crippen LogP contribution < -0.4 is 4.90 Å². The van der Waals surface area contributed by atoms with Crippen molar-refractivity contribution in [2.75, 3.05) is 18.6 Å². The largest absolute Gasteiger partial charge is 0.381 e. The lowest BCUT2D eigenvalue weighted by Crippen LogP contribution is -2.49. The Balaban J connectivity index is 1.85. The van der Waals surface area contributed by atoms with Crippen LogP contribution in [-0.2, 0) is 11.2 Å². The number of ether oxygens (including phenoxy) is 1. The van der Waals surface area contributed by atoms with Crippen molar-refractivity contribution >= 4 is 5.69 Å². The minimum atomic E-state index is 0.430. The Morgan fingerprint density at radius 3 is 2.94 bits per heavy atom. The van der Waals surface area contributed by atoms with Gasteiger partial charge in [0.1, 0.15) is 0 Å². The number of methoxy groups -OCH3 is 1. The molecule has 0 radical (unpaired) electrons. The molecular weight excluding hydrogens is 224 g/mol. The number of fused-ring (bicyclic) bond motifs is 1. The highest BCUT2D eigenvalue weighted by atomic mass is 16.5. The van der Waals surface area contributed by atoms with Gasteiger partial charge >= 0.3 is 0 Å². The number of aryl methyl sites for hydroxylation is 1. The molecule has 1 aliphatic carbocycles. The fourth-order valence-corrected chi connectivity index (χ4v) is 3.04. The summed E-state index contributed by atoms with van der Waals surface area (Å²) in [5, 5.41) is 9.03. The Morgan fingerprint density at radius 2 is 2.22 bits per heavy atom. The van der Waals surface area contributed by atoms with Crippen LogP contribution >= 0.6 is 0 Å². The van der Waals surface area contributed by atoms with Crippen molar-refractivity contribution in [2.24, 2.45) is 0 Å². The molecule has 1 heterocycles. The number of hydrogen-bond acceptors (Lipinski definition) is 3. The molecule has 3 rings (SSSR count). The number of anilines is 1. The summed E-state index contributed by atoms with van der Waals surface area (Å²) in [5.74, 6) is 0. The van der Waals surface area contributed by atoms with Crippen molar-refractivity contribution in [3.05, 3.63) is 29.3 Å². The number of hydrogen-bond donors (Lipinski definition) is 0. The van der Waals surface area contributed by atoms with Crippen LogP contribution in [0.15, 0.2) is 18.2 Å². The summed E-state index contributed by atoms with van der Waals surface area (Å²) in [6.45, 7) is 1.11. The number of nitriles is 1. The molecule has 1 aliphatic heterocycles. The summed E-state index contributed by atoms with van der Waals surface area (Å²) in [6.07, 6.45) is 5.02. The van der Waals surface area contributed by atoms with Crippen LogP contribution in [0.3, 0.4) is 0 Å². The van der Waals surface area contributed by atoms with Gasteiger partial charge in [-0.1, -0.05) is 6.07 Å². The smallest absolute Gasteiger partial charge is 0.0992 e. The summed E-state index contributed by atoms with van der Waals surface area (Å²) in [4.78, 5) is 2.48. The standard InChI is InChI=1S/C15H18N2O/c1-18-14-8-13(9-14)17-6-2-3-12-5-4-11(10-16)7-15(12)17/h4-5,7,13-14H,2-3,6,8-9H2,1H3. The molecule has 2 aliphatic rings. The van der Waals surface area contributed by atoms with Gasteiger partial charge in [0.15, 0.2) is 0 Å². The average Bonchev–Trinajstić information content (AvgIpc) is 2.37. The molecule has 1 aromatic carbocycles. The monoisotopic (exact) mass is 242 g/mol. The average molecular weight is 242 g/mol. The molecule has 3 heteroatoms. The van der Waals surface area contributed by atoms with E-state index >= 15 is 0 Å². The number of rotatable bonds is 2. The maximum absolute atomic E-state index is 9.03. The van der Waals surface area contributed by atoms with E-state index < -0.39 is 0 Å². The highest BCUT2D eigenvalue weighted by Gasteiger charge is 2.35. The molecule has 0 bridgehead atoms. The lowest BCUT2D eigenvalue weighted by molar-refractivity contribution is 0.0250. The van der Waals surface area contributed by atoms with Crippen molar-refractivity contribution in [2.45, 2.75) is 37.8 Å². The quantitative estimate of drug-likeness (QED) is 0.799. The summed E-state index contributed by atoms with van der Waals surface area (Å²) in [7, 11) is 1.79. The maximum atomic E-state index is 9.03. The first-order valence-corrected chi connectivity index (χ1v) is 6.64. The van der Waals surface area contributed by atoms with Gasteiger partial charge in [-0.3, -0.25) is 0 Å². The predicted octanol–water partition coefficient (Wildman–Crippen LogP) is 2.49. The van der Waals surface area contributed by atoms with E-state index in [1.165, 1.54) is 17.7 Å². The van der Waals surface area contributed by atoms with Gasteiger partial charge in [0.25, 0.3) is 0 Å². The van der Waals surface area contributed by atoms with Gasteiger partial charge in [0.2, 0.25) is 0 Å². The van der Waals surface area contributed by atoms with Gasteiger partial charge in [-0.15, -0.1) is 0 Å². The van der Waals surface area contributed by atoms with Crippen LogP contribution in [0.1, 0.15) is 30.4 Å². The van der Waals surface area contributed by atoms with Crippen molar-refractivity contribution in [1.82, 2.24) is 0 Å². The third-order valence-electron chi connectivity index (χ3n) is 4.21. The van der Waals surface area contributed by atoms with Gasteiger partial charge in [-0.05, 0) is 43.4 Å². The summed E-state index contributed by atoms with van der Waals surface area (Å²) >= 11 is 0. The molecule has 94 valence electrons. The van der Waals surface area contributed by atoms with E-state index in [4.69, 9.17) is 10.00 Å². The Bertz CT molecular complexity index is 486. The van der Waals surface area contributed by atoms with E-state index in [0.29, 0.717) is 12.1 Å². The van der Waals surface area contributed by atoms with E-state index in [9.17, 15) is 0 Å². The van der Waals surface area contributed by atoms with Crippen molar-refractivity contribution < 1.29 is 4.74 Å². The Labute approximate surface area is 108 Å². The lowest BCUT2D eigenvalue weighted by Gasteiger charge is -2.45. The van der Waals surface area contributed by atoms with E-state index in [1.54, 1.807) is 7.11 Å². The van der Waals surface area contributed by atoms with Crippen LogP contribution in [0.2, 0.25) is 0 Å². The molecule has 0 N–H and O–H groups in total. The molecule has 0 spiro atoms. The first-order chi connectivity index (χ1) is 8.81. The molecule has 0 unspecified atom stereocenters. The molecule has 18 heavy (non-hydrogen) atoms. The van der Waals surface area contributed by atoms with Gasteiger partial charge in [-0.25, -0.2) is 0 Å². The van der Waals surface area contributed by atoms with Crippen LogP contribution in [0.25, 0.3) is 0 Å². The zero-order chi connectivity index (χ0) is 12.5. The van der Waals surface area contributed by atoms with Crippen molar-refractivity contribution in [3.63, 3.8) is 0 Å². The predicted molar refractivity (Wildman–Crippen MR) is 70.6 cm³/mol. The zero-order valence-corrected chi connectivity index (χ0v) is 10.7. The normalized spacial score (nSPS) is 26.1. The Kier molecular flexibility index (Phi) is 2.97. The fraction of sp³-hybridized carbons (Fsp3) is 0.533. The molecule has 1 fully saturated rings. The fourth-order valence-electron chi connectivity index (χ4n) is 3.04. The van der Waals surface area contributed by atoms with Crippen LogP contribution in [-0.4, -0.2) is 25.8 Å².